The van der Waals surface area contributed by atoms with E-state index in [-0.39, 0.29) is 72.8 Å². The van der Waals surface area contributed by atoms with Crippen molar-refractivity contribution in [2.24, 2.45) is 98.6 Å². The second kappa shape index (κ2) is 20.8. The number of benzene rings is 3. The first-order chi connectivity index (χ1) is 44.1. The van der Waals surface area contributed by atoms with E-state index < -0.39 is 86.4 Å². The minimum atomic E-state index is -2.29. The molecule has 0 aromatic heterocycles. The molecule has 24 atom stereocenters. The van der Waals surface area contributed by atoms with Crippen LogP contribution in [-0.2, 0) is 39.2 Å². The molecule has 3 aromatic rings. The molecule has 0 radical (unpaired) electrons. The predicted molar refractivity (Wildman–Crippen MR) is 346 cm³/mol. The first-order valence-corrected chi connectivity index (χ1v) is 36.8. The highest BCUT2D eigenvalue weighted by Crippen LogP contribution is 2.81. The number of hydrogen-bond acceptors (Lipinski definition) is 10. The fourth-order valence-electron chi connectivity index (χ4n) is 28.1. The van der Waals surface area contributed by atoms with E-state index in [4.69, 9.17) is 4.74 Å². The van der Waals surface area contributed by atoms with Crippen molar-refractivity contribution in [2.45, 2.75) is 232 Å². The van der Waals surface area contributed by atoms with E-state index in [0.717, 1.165) is 118 Å². The highest BCUT2D eigenvalue weighted by molar-refractivity contribution is 5.86. The molecule has 11 fully saturated rings. The second-order valence-corrected chi connectivity index (χ2v) is 34.2. The molecule has 91 heavy (non-hydrogen) atoms. The van der Waals surface area contributed by atoms with Gasteiger partial charge in [-0.15, -0.1) is 0 Å². The first kappa shape index (κ1) is 59.1. The van der Waals surface area contributed by atoms with Gasteiger partial charge in [0.15, 0.2) is 0 Å². The molecule has 1 heterocycles. The van der Waals surface area contributed by atoms with Crippen LogP contribution in [0.2, 0.25) is 0 Å². The largest absolute Gasteiger partial charge is 0.454 e. The summed E-state index contributed by atoms with van der Waals surface area (Å²) in [5.41, 5.74) is -1.38. The molecule has 0 amide bonds. The lowest BCUT2D eigenvalue weighted by atomic mass is 9.32. The Labute approximate surface area is 539 Å². The van der Waals surface area contributed by atoms with Gasteiger partial charge in [0.1, 0.15) is 23.6 Å². The SMILES string of the molecule is CNC1Cc2c(cccc2CO)C#CC23CCC(Cc4cccc(c4)C4(CCCC4)c4cccc(c4)C4CCC5C(CCC56CC5(C=O)C7CCC8(C2)C2C9=CC(=O)OC9C1CC2CC8(O)C7(O)C(O)C1CC2C(C=CCC2C2CCCC2)CC(C6O)C15O)C4)C3. The Bertz CT molecular complexity index is 3590. The Morgan fingerprint density at radius 2 is 1.52 bits per heavy atom. The maximum absolute atomic E-state index is 16.0. The van der Waals surface area contributed by atoms with Crippen LogP contribution in [-0.4, -0.2) is 91.1 Å². The summed E-state index contributed by atoms with van der Waals surface area (Å²) in [4.78, 5) is 30.4. The molecule has 0 saturated heterocycles. The lowest BCUT2D eigenvalue weighted by Crippen LogP contribution is -2.86. The number of likely N-dealkylation sites (N-methyl/N-ethyl adjacent to an activating group) is 1. The molecular formula is C81H99NO9. The van der Waals surface area contributed by atoms with E-state index in [1.807, 2.05) is 19.2 Å². The molecule has 10 heteroatoms. The zero-order valence-corrected chi connectivity index (χ0v) is 53.8. The van der Waals surface area contributed by atoms with Crippen molar-refractivity contribution < 1.29 is 45.0 Å². The molecule has 10 nitrogen and oxygen atoms in total. The Morgan fingerprint density at radius 3 is 2.33 bits per heavy atom. The average Bonchev–Trinajstić information content (AvgIpc) is 1.62. The fraction of sp³-hybridized carbons (Fsp3) is 0.679. The molecule has 1 aliphatic heterocycles. The summed E-state index contributed by atoms with van der Waals surface area (Å²) in [7, 11) is 1.97. The van der Waals surface area contributed by atoms with Gasteiger partial charge in [0, 0.05) is 63.0 Å². The Balaban J connectivity index is 0.879. The van der Waals surface area contributed by atoms with E-state index >= 15 is 20.1 Å². The number of hydrogen-bond donors (Lipinski definition) is 7. The number of aliphatic hydroxyl groups excluding tert-OH is 3. The van der Waals surface area contributed by atoms with Gasteiger partial charge in [-0.3, -0.25) is 0 Å². The van der Waals surface area contributed by atoms with Crippen molar-refractivity contribution >= 4 is 12.3 Å². The van der Waals surface area contributed by atoms with Gasteiger partial charge in [0.2, 0.25) is 0 Å². The molecule has 11 saturated carbocycles. The standard InChI is InChI=1S/C81H99NO9/c1-82-67-39-60-50(13-7-16-55(60)43-83)23-29-74-28-22-48(41-74)32-47-10-6-17-57(33-47)75(26-4-5-27-75)58-18-8-14-51(35-58)52-20-21-64-54(34-52)24-30-76(64)45-78(46-84)68-25-31-77(44-74)70-56(36-62(67)71-63(70)40-69(85)91-71)42-79(77,88)81(68,90)73(87)66-38-61-53(37-65(72(76)86)80(66,78)89)15-9-19-59(61)49-11-2-3-12-49/h6-10,13-18,33,35,40,46,48-49,52-54,56,59,61-62,64-68,70-73,82-83,86-90H,2-5,11-12,19-22,24-28,30-32,34,36-39,41-45H2,1H3. The summed E-state index contributed by atoms with van der Waals surface area (Å²) in [6.45, 7) is -0.141. The maximum Gasteiger partial charge on any atom is 0.331 e. The quantitative estimate of drug-likeness (QED) is 0.0576. The fourth-order valence-corrected chi connectivity index (χ4v) is 28.1. The van der Waals surface area contributed by atoms with Gasteiger partial charge >= 0.3 is 5.97 Å². The van der Waals surface area contributed by atoms with Crippen LogP contribution in [0.15, 0.2) is 90.5 Å². The normalized spacial score (nSPS) is 48.4. The van der Waals surface area contributed by atoms with E-state index in [2.05, 4.69) is 83.9 Å². The van der Waals surface area contributed by atoms with Gasteiger partial charge in [-0.25, -0.2) is 4.79 Å². The van der Waals surface area contributed by atoms with Gasteiger partial charge < -0.3 is 45.5 Å². The summed E-state index contributed by atoms with van der Waals surface area (Å²) in [5.74, 6) is 5.69. The van der Waals surface area contributed by atoms with E-state index in [1.54, 1.807) is 6.08 Å². The third kappa shape index (κ3) is 7.81. The summed E-state index contributed by atoms with van der Waals surface area (Å²) >= 11 is 0. The number of allylic oxidation sites excluding steroid dienone is 2. The van der Waals surface area contributed by atoms with Crippen LogP contribution >= 0.6 is 0 Å². The molecule has 17 aliphatic carbocycles. The van der Waals surface area contributed by atoms with Crippen LogP contribution in [0.4, 0.5) is 0 Å². The summed E-state index contributed by atoms with van der Waals surface area (Å²) < 4.78 is 6.62. The van der Waals surface area contributed by atoms with Crippen LogP contribution in [0, 0.1) is 110 Å². The number of carbonyl (C=O) groups is 2. The maximum atomic E-state index is 16.0. The number of carbonyl (C=O) groups excluding carboxylic acids is 2. The number of ether oxygens (including phenoxy) is 1. The molecule has 21 rings (SSSR count). The topological polar surface area (TPSA) is 177 Å². The van der Waals surface area contributed by atoms with Gasteiger partial charge in [0.25, 0.3) is 0 Å². The molecule has 24 unspecified atom stereocenters. The highest BCUT2D eigenvalue weighted by Gasteiger charge is 2.88. The number of esters is 1. The molecule has 7 N–H and O–H groups in total. The van der Waals surface area contributed by atoms with Crippen LogP contribution < -0.4 is 5.32 Å². The Kier molecular flexibility index (Phi) is 13.5. The lowest BCUT2D eigenvalue weighted by molar-refractivity contribution is -0.386. The molecule has 17 bridgehead atoms. The summed E-state index contributed by atoms with van der Waals surface area (Å²) in [6, 6.07) is 25.1. The van der Waals surface area contributed by atoms with Gasteiger partial charge in [-0.2, -0.15) is 0 Å². The van der Waals surface area contributed by atoms with Crippen LogP contribution in [0.1, 0.15) is 205 Å². The van der Waals surface area contributed by atoms with Crippen molar-refractivity contribution in [2.75, 3.05) is 7.05 Å². The number of aliphatic hydroxyl groups is 6. The van der Waals surface area contributed by atoms with Crippen molar-refractivity contribution in [1.29, 1.82) is 0 Å². The number of nitrogens with one attached hydrogen (secondary N) is 1. The smallest absolute Gasteiger partial charge is 0.331 e. The third-order valence-corrected chi connectivity index (χ3v) is 31.4. The van der Waals surface area contributed by atoms with Crippen molar-refractivity contribution in [3.8, 4) is 11.8 Å². The third-order valence-electron chi connectivity index (χ3n) is 31.4. The van der Waals surface area contributed by atoms with Gasteiger partial charge in [-0.05, 0) is 246 Å². The molecule has 3 aromatic carbocycles. The first-order valence-electron chi connectivity index (χ1n) is 36.8. The van der Waals surface area contributed by atoms with Gasteiger partial charge in [-0.1, -0.05) is 123 Å². The molecule has 18 aliphatic rings. The minimum Gasteiger partial charge on any atom is -0.454 e. The Hall–Kier alpha value is -4.44. The lowest BCUT2D eigenvalue weighted by Gasteiger charge is -2.75. The van der Waals surface area contributed by atoms with Gasteiger partial charge in [0.05, 0.1) is 29.8 Å². The Morgan fingerprint density at radius 1 is 0.714 bits per heavy atom. The van der Waals surface area contributed by atoms with E-state index in [9.17, 15) is 20.1 Å². The zero-order valence-electron chi connectivity index (χ0n) is 53.8. The van der Waals surface area contributed by atoms with Crippen LogP contribution in [0.3, 0.4) is 0 Å². The average molecular weight is 1230 g/mol. The molecular weight excluding hydrogens is 1130 g/mol. The second-order valence-electron chi connectivity index (χ2n) is 34.2. The van der Waals surface area contributed by atoms with Crippen LogP contribution in [0.25, 0.3) is 0 Å². The summed E-state index contributed by atoms with van der Waals surface area (Å²) in [5, 5.41) is 89.9. The summed E-state index contributed by atoms with van der Waals surface area (Å²) in [6.07, 6.45) is 25.8. The predicted octanol–water partition coefficient (Wildman–Crippen LogP) is 11.7. The zero-order chi connectivity index (χ0) is 61.8. The van der Waals surface area contributed by atoms with Crippen molar-refractivity contribution in [1.82, 2.24) is 5.32 Å². The monoisotopic (exact) mass is 1230 g/mol. The number of aldehydes is 1. The van der Waals surface area contributed by atoms with Crippen molar-refractivity contribution in [3.05, 3.63) is 129 Å². The molecule has 4 spiro atoms. The van der Waals surface area contributed by atoms with E-state index in [1.165, 1.54) is 47.9 Å². The van der Waals surface area contributed by atoms with Crippen LogP contribution in [0.5, 0.6) is 0 Å². The number of rotatable bonds is 4. The minimum absolute atomic E-state index is 0.0111. The number of fused-ring (bicyclic) bond motifs is 2. The highest BCUT2D eigenvalue weighted by atomic mass is 16.5. The van der Waals surface area contributed by atoms with E-state index in [0.29, 0.717) is 62.2 Å². The molecule has 482 valence electrons. The van der Waals surface area contributed by atoms with Crippen molar-refractivity contribution in [3.63, 3.8) is 0 Å².